The van der Waals surface area contributed by atoms with Crippen molar-refractivity contribution in [3.63, 3.8) is 0 Å². The Bertz CT molecular complexity index is 1320. The van der Waals surface area contributed by atoms with Crippen LogP contribution in [0, 0.1) is 25.2 Å². The zero-order valence-electron chi connectivity index (χ0n) is 20.4. The minimum atomic E-state index is -0.876. The molecule has 1 N–H and O–H groups in total. The molecule has 8 heteroatoms. The van der Waals surface area contributed by atoms with Crippen molar-refractivity contribution in [1.82, 2.24) is 4.57 Å². The van der Waals surface area contributed by atoms with E-state index in [9.17, 15) is 19.6 Å². The van der Waals surface area contributed by atoms with Gasteiger partial charge in [0, 0.05) is 41.9 Å². The maximum atomic E-state index is 12.5. The summed E-state index contributed by atoms with van der Waals surface area (Å²) < 4.78 is 12.3. The van der Waals surface area contributed by atoms with Gasteiger partial charge in [-0.05, 0) is 68.0 Å². The molecule has 0 radical (unpaired) electrons. The first-order chi connectivity index (χ1) is 17.3. The molecule has 8 nitrogen and oxygen atoms in total. The van der Waals surface area contributed by atoms with Crippen LogP contribution in [0.2, 0.25) is 0 Å². The Balaban J connectivity index is 1.60. The number of ketones is 1. The molecule has 0 bridgehead atoms. The third-order valence-electron chi connectivity index (χ3n) is 5.61. The molecule has 184 valence electrons. The lowest BCUT2D eigenvalue weighted by molar-refractivity contribution is -0.137. The van der Waals surface area contributed by atoms with Crippen LogP contribution in [-0.4, -0.2) is 42.6 Å². The van der Waals surface area contributed by atoms with Gasteiger partial charge >= 0.3 is 5.97 Å². The molecule has 0 fully saturated rings. The smallest absolute Gasteiger partial charge is 0.349 e. The van der Waals surface area contributed by atoms with E-state index in [2.05, 4.69) is 5.32 Å². The van der Waals surface area contributed by atoms with Crippen LogP contribution < -0.4 is 5.32 Å². The lowest BCUT2D eigenvalue weighted by Gasteiger charge is -2.08. The van der Waals surface area contributed by atoms with Crippen molar-refractivity contribution >= 4 is 29.4 Å². The molecule has 0 atom stereocenters. The normalized spacial score (nSPS) is 11.0. The molecule has 0 aliphatic heterocycles. The van der Waals surface area contributed by atoms with Crippen LogP contribution in [0.15, 0.2) is 66.2 Å². The number of nitrogens with one attached hydrogen (secondary N) is 1. The van der Waals surface area contributed by atoms with E-state index in [0.717, 1.165) is 17.0 Å². The van der Waals surface area contributed by atoms with Gasteiger partial charge in [-0.15, -0.1) is 0 Å². The quantitative estimate of drug-likeness (QED) is 0.198. The lowest BCUT2D eigenvalue weighted by Crippen LogP contribution is -2.15. The molecule has 1 amide bonds. The van der Waals surface area contributed by atoms with Gasteiger partial charge in [-0.25, -0.2) is 4.79 Å². The number of ether oxygens (including phenoxy) is 2. The van der Waals surface area contributed by atoms with Crippen molar-refractivity contribution in [2.75, 3.05) is 25.6 Å². The summed E-state index contributed by atoms with van der Waals surface area (Å²) in [5.41, 5.74) is 3.73. The highest BCUT2D eigenvalue weighted by Crippen LogP contribution is 2.19. The lowest BCUT2D eigenvalue weighted by atomic mass is 10.1. The Morgan fingerprint density at radius 3 is 2.36 bits per heavy atom. The number of esters is 1. The molecule has 0 saturated carbocycles. The number of nitriles is 1. The molecule has 36 heavy (non-hydrogen) atoms. The molecular weight excluding hydrogens is 458 g/mol. The number of amides is 1. The molecule has 0 saturated heterocycles. The standard InChI is InChI=1S/C28H27N3O5/c1-19-15-23(20(2)31(19)13-14-35-3)16-24(17-29)28(34)36-18-26(32)21-9-11-25(12-10-21)30-27(33)22-7-5-4-6-8-22/h4-12,15-16H,13-14,18H2,1-3H3,(H,30,33)/b24-16+. The SMILES string of the molecule is COCCn1c(C)cc(/C=C(\C#N)C(=O)OCC(=O)c2ccc(NC(=O)c3ccccc3)cc2)c1C. The summed E-state index contributed by atoms with van der Waals surface area (Å²) in [6, 6.07) is 18.7. The number of nitrogens with zero attached hydrogens (tertiary/aromatic N) is 2. The van der Waals surface area contributed by atoms with Crippen molar-refractivity contribution in [2.24, 2.45) is 0 Å². The number of carbonyl (C=O) groups excluding carboxylic acids is 3. The van der Waals surface area contributed by atoms with Crippen molar-refractivity contribution < 1.29 is 23.9 Å². The summed E-state index contributed by atoms with van der Waals surface area (Å²) in [5, 5.41) is 12.2. The van der Waals surface area contributed by atoms with Crippen LogP contribution in [0.3, 0.4) is 0 Å². The van der Waals surface area contributed by atoms with Crippen LogP contribution in [0.25, 0.3) is 6.08 Å². The zero-order chi connectivity index (χ0) is 26.1. The summed E-state index contributed by atoms with van der Waals surface area (Å²) in [5.74, 6) is -1.57. The number of aryl methyl sites for hydroxylation is 1. The first-order valence-electron chi connectivity index (χ1n) is 11.3. The van der Waals surface area contributed by atoms with Crippen molar-refractivity contribution in [2.45, 2.75) is 20.4 Å². The van der Waals surface area contributed by atoms with Gasteiger partial charge in [-0.2, -0.15) is 5.26 Å². The minimum Gasteiger partial charge on any atom is -0.453 e. The highest BCUT2D eigenvalue weighted by molar-refractivity contribution is 6.05. The highest BCUT2D eigenvalue weighted by Gasteiger charge is 2.16. The van der Waals surface area contributed by atoms with E-state index in [-0.39, 0.29) is 11.5 Å². The van der Waals surface area contributed by atoms with E-state index >= 15 is 0 Å². The van der Waals surface area contributed by atoms with Gasteiger partial charge in [0.25, 0.3) is 5.91 Å². The Morgan fingerprint density at radius 2 is 1.72 bits per heavy atom. The minimum absolute atomic E-state index is 0.200. The maximum absolute atomic E-state index is 12.5. The summed E-state index contributed by atoms with van der Waals surface area (Å²) in [6.45, 7) is 4.50. The van der Waals surface area contributed by atoms with Gasteiger partial charge in [-0.3, -0.25) is 9.59 Å². The average Bonchev–Trinajstić information content (AvgIpc) is 3.16. The van der Waals surface area contributed by atoms with Gasteiger partial charge in [0.1, 0.15) is 11.6 Å². The van der Waals surface area contributed by atoms with E-state index in [1.165, 1.54) is 18.2 Å². The summed E-state index contributed by atoms with van der Waals surface area (Å²) >= 11 is 0. The van der Waals surface area contributed by atoms with E-state index in [0.29, 0.717) is 30.0 Å². The predicted octanol–water partition coefficient (Wildman–Crippen LogP) is 4.34. The number of Topliss-reactive ketones (excluding diaryl/α,β-unsaturated/α-hetero) is 1. The number of rotatable bonds is 10. The summed E-state index contributed by atoms with van der Waals surface area (Å²) in [6.07, 6.45) is 1.46. The van der Waals surface area contributed by atoms with Gasteiger partial charge in [0.05, 0.1) is 6.61 Å². The summed E-state index contributed by atoms with van der Waals surface area (Å²) in [7, 11) is 1.62. The van der Waals surface area contributed by atoms with Gasteiger partial charge in [0.2, 0.25) is 0 Å². The third kappa shape index (κ3) is 6.56. The van der Waals surface area contributed by atoms with E-state index in [4.69, 9.17) is 9.47 Å². The number of benzene rings is 2. The predicted molar refractivity (Wildman–Crippen MR) is 135 cm³/mol. The molecule has 3 aromatic rings. The molecule has 2 aromatic carbocycles. The Kier molecular flexibility index (Phi) is 8.92. The number of carbonyl (C=O) groups is 3. The van der Waals surface area contributed by atoms with Crippen molar-refractivity contribution in [3.8, 4) is 6.07 Å². The second kappa shape index (κ2) is 12.3. The largest absolute Gasteiger partial charge is 0.453 e. The number of hydrogen-bond acceptors (Lipinski definition) is 6. The maximum Gasteiger partial charge on any atom is 0.349 e. The Labute approximate surface area is 209 Å². The van der Waals surface area contributed by atoms with Gasteiger partial charge in [-0.1, -0.05) is 18.2 Å². The van der Waals surface area contributed by atoms with Crippen LogP contribution in [0.4, 0.5) is 5.69 Å². The molecule has 3 rings (SSSR count). The second-order valence-corrected chi connectivity index (χ2v) is 8.04. The van der Waals surface area contributed by atoms with Crippen LogP contribution in [0.1, 0.15) is 37.7 Å². The zero-order valence-corrected chi connectivity index (χ0v) is 20.4. The fraction of sp³-hybridized carbons (Fsp3) is 0.214. The summed E-state index contributed by atoms with van der Waals surface area (Å²) in [4.78, 5) is 37.2. The fourth-order valence-electron chi connectivity index (χ4n) is 3.62. The Morgan fingerprint density at radius 1 is 1.03 bits per heavy atom. The number of anilines is 1. The van der Waals surface area contributed by atoms with Gasteiger partial charge in [0.15, 0.2) is 12.4 Å². The first kappa shape index (κ1) is 26.1. The number of methoxy groups -OCH3 is 1. The molecule has 0 unspecified atom stereocenters. The molecule has 1 heterocycles. The van der Waals surface area contributed by atoms with Crippen LogP contribution >= 0.6 is 0 Å². The fourth-order valence-corrected chi connectivity index (χ4v) is 3.62. The molecular formula is C28H27N3O5. The van der Waals surface area contributed by atoms with E-state index < -0.39 is 18.4 Å². The molecule has 0 aliphatic carbocycles. The monoisotopic (exact) mass is 485 g/mol. The second-order valence-electron chi connectivity index (χ2n) is 8.04. The molecule has 1 aromatic heterocycles. The van der Waals surface area contributed by atoms with Crippen molar-refractivity contribution in [1.29, 1.82) is 5.26 Å². The number of aromatic nitrogens is 1. The molecule has 0 aliphatic rings. The number of hydrogen-bond donors (Lipinski definition) is 1. The topological polar surface area (TPSA) is 110 Å². The van der Waals surface area contributed by atoms with Crippen LogP contribution in [-0.2, 0) is 20.8 Å². The first-order valence-corrected chi connectivity index (χ1v) is 11.3. The van der Waals surface area contributed by atoms with E-state index in [1.54, 1.807) is 43.5 Å². The average molecular weight is 486 g/mol. The van der Waals surface area contributed by atoms with Gasteiger partial charge < -0.3 is 19.4 Å². The van der Waals surface area contributed by atoms with Crippen molar-refractivity contribution in [3.05, 3.63) is 94.3 Å². The highest BCUT2D eigenvalue weighted by atomic mass is 16.5. The Hall–Kier alpha value is -4.48. The molecule has 0 spiro atoms. The van der Waals surface area contributed by atoms with E-state index in [1.807, 2.05) is 36.6 Å². The third-order valence-corrected chi connectivity index (χ3v) is 5.61. The van der Waals surface area contributed by atoms with Crippen LogP contribution in [0.5, 0.6) is 0 Å².